The van der Waals surface area contributed by atoms with E-state index in [0.29, 0.717) is 12.5 Å². The number of hydrogen-bond donors (Lipinski definition) is 0. The van der Waals surface area contributed by atoms with E-state index in [1.807, 2.05) is 0 Å². The highest BCUT2D eigenvalue weighted by Gasteiger charge is 2.28. The Hall–Kier alpha value is -1.85. The third-order valence-corrected chi connectivity index (χ3v) is 3.83. The van der Waals surface area contributed by atoms with Crippen molar-refractivity contribution in [3.8, 4) is 6.07 Å². The number of hydrogen-bond acceptors (Lipinski definition) is 2. The molecule has 0 unspecified atom stereocenters. The summed E-state index contributed by atoms with van der Waals surface area (Å²) in [7, 11) is 0. The van der Waals surface area contributed by atoms with E-state index in [1.54, 1.807) is 0 Å². The SMILES string of the molecule is N#CCCN(Cc1cccc2ccccc12)C1CC1. The lowest BCUT2D eigenvalue weighted by Crippen LogP contribution is -2.26. The van der Waals surface area contributed by atoms with Crippen LogP contribution in [0.4, 0.5) is 0 Å². The van der Waals surface area contributed by atoms with Gasteiger partial charge in [0.25, 0.3) is 0 Å². The largest absolute Gasteiger partial charge is 0.295 e. The van der Waals surface area contributed by atoms with Crippen LogP contribution in [0.2, 0.25) is 0 Å². The molecular formula is C17H18N2. The minimum Gasteiger partial charge on any atom is -0.295 e. The van der Waals surface area contributed by atoms with Crippen LogP contribution in [0.15, 0.2) is 42.5 Å². The highest BCUT2D eigenvalue weighted by molar-refractivity contribution is 5.85. The van der Waals surface area contributed by atoms with Gasteiger partial charge in [0.2, 0.25) is 0 Å². The van der Waals surface area contributed by atoms with E-state index in [0.717, 1.165) is 13.1 Å². The molecule has 19 heavy (non-hydrogen) atoms. The van der Waals surface area contributed by atoms with Crippen LogP contribution >= 0.6 is 0 Å². The summed E-state index contributed by atoms with van der Waals surface area (Å²) < 4.78 is 0. The Balaban J connectivity index is 1.85. The molecule has 0 atom stereocenters. The third kappa shape index (κ3) is 2.77. The van der Waals surface area contributed by atoms with Crippen LogP contribution in [-0.4, -0.2) is 17.5 Å². The van der Waals surface area contributed by atoms with Gasteiger partial charge in [0.1, 0.15) is 0 Å². The summed E-state index contributed by atoms with van der Waals surface area (Å²) in [6, 6.07) is 18.0. The maximum Gasteiger partial charge on any atom is 0.0635 e. The minimum absolute atomic E-state index is 0.626. The number of fused-ring (bicyclic) bond motifs is 1. The van der Waals surface area contributed by atoms with E-state index in [9.17, 15) is 0 Å². The Kier molecular flexibility index (Phi) is 3.48. The molecule has 1 aliphatic rings. The van der Waals surface area contributed by atoms with Crippen molar-refractivity contribution < 1.29 is 0 Å². The number of rotatable bonds is 5. The van der Waals surface area contributed by atoms with Crippen LogP contribution in [0.1, 0.15) is 24.8 Å². The normalized spacial score (nSPS) is 14.7. The highest BCUT2D eigenvalue weighted by Crippen LogP contribution is 2.30. The first kappa shape index (κ1) is 12.2. The van der Waals surface area contributed by atoms with Gasteiger partial charge >= 0.3 is 0 Å². The second kappa shape index (κ2) is 5.42. The van der Waals surface area contributed by atoms with Crippen molar-refractivity contribution in [2.75, 3.05) is 6.54 Å². The molecule has 0 aromatic heterocycles. The molecule has 2 aromatic carbocycles. The van der Waals surface area contributed by atoms with E-state index in [4.69, 9.17) is 5.26 Å². The molecule has 0 bridgehead atoms. The molecule has 0 aliphatic heterocycles. The molecule has 96 valence electrons. The standard InChI is InChI=1S/C17H18N2/c18-11-4-12-19(16-9-10-16)13-15-7-3-6-14-5-1-2-8-17(14)15/h1-3,5-8,16H,4,9-10,12-13H2. The molecule has 0 amide bonds. The molecule has 0 N–H and O–H groups in total. The van der Waals surface area contributed by atoms with E-state index < -0.39 is 0 Å². The smallest absolute Gasteiger partial charge is 0.0635 e. The van der Waals surface area contributed by atoms with Gasteiger partial charge < -0.3 is 0 Å². The lowest BCUT2D eigenvalue weighted by molar-refractivity contribution is 0.262. The quantitative estimate of drug-likeness (QED) is 0.808. The molecule has 1 fully saturated rings. The maximum atomic E-state index is 8.78. The van der Waals surface area contributed by atoms with Crippen molar-refractivity contribution in [1.29, 1.82) is 5.26 Å². The third-order valence-electron chi connectivity index (χ3n) is 3.83. The van der Waals surface area contributed by atoms with Gasteiger partial charge in [-0.3, -0.25) is 4.90 Å². The van der Waals surface area contributed by atoms with Crippen LogP contribution < -0.4 is 0 Å². The van der Waals surface area contributed by atoms with Gasteiger partial charge in [0.05, 0.1) is 6.07 Å². The molecule has 2 heteroatoms. The number of nitriles is 1. The summed E-state index contributed by atoms with van der Waals surface area (Å²) in [5.41, 5.74) is 1.38. The Morgan fingerprint density at radius 2 is 1.89 bits per heavy atom. The van der Waals surface area contributed by atoms with Gasteiger partial charge in [-0.05, 0) is 29.2 Å². The predicted octanol–water partition coefficient (Wildman–Crippen LogP) is 3.72. The van der Waals surface area contributed by atoms with E-state index in [2.05, 4.69) is 53.4 Å². The molecule has 2 nitrogen and oxygen atoms in total. The van der Waals surface area contributed by atoms with Gasteiger partial charge in [0, 0.05) is 25.6 Å². The van der Waals surface area contributed by atoms with E-state index >= 15 is 0 Å². The summed E-state index contributed by atoms with van der Waals surface area (Å²) >= 11 is 0. The summed E-state index contributed by atoms with van der Waals surface area (Å²) in [5.74, 6) is 0. The van der Waals surface area contributed by atoms with Crippen LogP contribution in [0.3, 0.4) is 0 Å². The molecule has 1 aliphatic carbocycles. The molecule has 0 spiro atoms. The second-order valence-corrected chi connectivity index (χ2v) is 5.25. The zero-order valence-corrected chi connectivity index (χ0v) is 11.0. The summed E-state index contributed by atoms with van der Waals surface area (Å²) in [5, 5.41) is 11.4. The fraction of sp³-hybridized carbons (Fsp3) is 0.353. The van der Waals surface area contributed by atoms with Gasteiger partial charge in [-0.15, -0.1) is 0 Å². The first-order chi connectivity index (χ1) is 9.38. The molecule has 3 rings (SSSR count). The fourth-order valence-electron chi connectivity index (χ4n) is 2.67. The van der Waals surface area contributed by atoms with Gasteiger partial charge in [-0.25, -0.2) is 0 Å². The Morgan fingerprint density at radius 3 is 2.68 bits per heavy atom. The average molecular weight is 250 g/mol. The zero-order chi connectivity index (χ0) is 13.1. The summed E-state index contributed by atoms with van der Waals surface area (Å²) in [6.07, 6.45) is 3.20. The molecular weight excluding hydrogens is 232 g/mol. The van der Waals surface area contributed by atoms with Gasteiger partial charge in [-0.1, -0.05) is 42.5 Å². The van der Waals surface area contributed by atoms with Crippen molar-refractivity contribution in [3.63, 3.8) is 0 Å². The van der Waals surface area contributed by atoms with Gasteiger partial charge in [-0.2, -0.15) is 5.26 Å². The minimum atomic E-state index is 0.626. The van der Waals surface area contributed by atoms with Crippen LogP contribution in [-0.2, 0) is 6.54 Å². The first-order valence-corrected chi connectivity index (χ1v) is 6.96. The summed E-state index contributed by atoms with van der Waals surface area (Å²) in [6.45, 7) is 1.86. The topological polar surface area (TPSA) is 27.0 Å². The maximum absolute atomic E-state index is 8.78. The lowest BCUT2D eigenvalue weighted by Gasteiger charge is -2.21. The molecule has 0 saturated heterocycles. The fourth-order valence-corrected chi connectivity index (χ4v) is 2.67. The monoisotopic (exact) mass is 250 g/mol. The van der Waals surface area contributed by atoms with Crippen molar-refractivity contribution in [2.24, 2.45) is 0 Å². The van der Waals surface area contributed by atoms with E-state index in [-0.39, 0.29) is 0 Å². The average Bonchev–Trinajstić information content (AvgIpc) is 3.28. The van der Waals surface area contributed by atoms with E-state index in [1.165, 1.54) is 29.2 Å². The second-order valence-electron chi connectivity index (χ2n) is 5.25. The Morgan fingerprint density at radius 1 is 1.11 bits per heavy atom. The predicted molar refractivity (Wildman–Crippen MR) is 77.6 cm³/mol. The Labute approximate surface area is 114 Å². The van der Waals surface area contributed by atoms with Crippen LogP contribution in [0, 0.1) is 11.3 Å². The molecule has 2 aromatic rings. The molecule has 0 heterocycles. The van der Waals surface area contributed by atoms with Gasteiger partial charge in [0.15, 0.2) is 0 Å². The van der Waals surface area contributed by atoms with Crippen molar-refractivity contribution in [3.05, 3.63) is 48.0 Å². The van der Waals surface area contributed by atoms with Crippen LogP contribution in [0.5, 0.6) is 0 Å². The van der Waals surface area contributed by atoms with Crippen molar-refractivity contribution >= 4 is 10.8 Å². The molecule has 1 saturated carbocycles. The molecule has 0 radical (unpaired) electrons. The Bertz CT molecular complexity index is 603. The highest BCUT2D eigenvalue weighted by atomic mass is 15.2. The van der Waals surface area contributed by atoms with Crippen molar-refractivity contribution in [2.45, 2.75) is 31.8 Å². The zero-order valence-electron chi connectivity index (χ0n) is 11.0. The van der Waals surface area contributed by atoms with Crippen LogP contribution in [0.25, 0.3) is 10.8 Å². The van der Waals surface area contributed by atoms with Crippen molar-refractivity contribution in [1.82, 2.24) is 4.90 Å². The summed E-state index contributed by atoms with van der Waals surface area (Å²) in [4.78, 5) is 2.46. The lowest BCUT2D eigenvalue weighted by atomic mass is 10.0. The number of benzene rings is 2. The number of nitrogens with zero attached hydrogens (tertiary/aromatic N) is 2. The first-order valence-electron chi connectivity index (χ1n) is 6.96.